The molecule has 0 aliphatic heterocycles. The SMILES string of the molecule is C[C@H](Sc1ccc2ccccc2c1)C(=O)c1ccc(NS(C)(=O)=O)cc1. The van der Waals surface area contributed by atoms with Crippen molar-refractivity contribution in [1.82, 2.24) is 0 Å². The van der Waals surface area contributed by atoms with Crippen LogP contribution in [0.5, 0.6) is 0 Å². The number of hydrogen-bond donors (Lipinski definition) is 1. The van der Waals surface area contributed by atoms with Crippen LogP contribution in [-0.4, -0.2) is 25.7 Å². The maximum absolute atomic E-state index is 12.6. The zero-order valence-electron chi connectivity index (χ0n) is 14.5. The second-order valence-corrected chi connectivity index (χ2v) is 9.25. The highest BCUT2D eigenvalue weighted by Gasteiger charge is 2.17. The van der Waals surface area contributed by atoms with E-state index in [-0.39, 0.29) is 11.0 Å². The first-order chi connectivity index (χ1) is 12.3. The normalized spacial score (nSPS) is 12.7. The van der Waals surface area contributed by atoms with Crippen molar-refractivity contribution in [3.05, 3.63) is 72.3 Å². The number of benzene rings is 3. The van der Waals surface area contributed by atoms with E-state index in [2.05, 4.69) is 29.0 Å². The first-order valence-electron chi connectivity index (χ1n) is 8.09. The van der Waals surface area contributed by atoms with Crippen LogP contribution in [0.4, 0.5) is 5.69 Å². The van der Waals surface area contributed by atoms with Gasteiger partial charge in [-0.2, -0.15) is 0 Å². The second-order valence-electron chi connectivity index (χ2n) is 6.08. The molecule has 0 saturated heterocycles. The van der Waals surface area contributed by atoms with Gasteiger partial charge in [0.25, 0.3) is 0 Å². The van der Waals surface area contributed by atoms with Gasteiger partial charge in [0, 0.05) is 16.1 Å². The lowest BCUT2D eigenvalue weighted by Crippen LogP contribution is -2.14. The summed E-state index contributed by atoms with van der Waals surface area (Å²) in [5.41, 5.74) is 1.00. The monoisotopic (exact) mass is 385 g/mol. The van der Waals surface area contributed by atoms with Crippen molar-refractivity contribution in [1.29, 1.82) is 0 Å². The number of sulfonamides is 1. The number of carbonyl (C=O) groups excluding carboxylic acids is 1. The highest BCUT2D eigenvalue weighted by atomic mass is 32.2. The molecule has 1 atom stereocenters. The first kappa shape index (κ1) is 18.5. The molecule has 26 heavy (non-hydrogen) atoms. The molecule has 3 rings (SSSR count). The summed E-state index contributed by atoms with van der Waals surface area (Å²) in [6.07, 6.45) is 1.09. The predicted molar refractivity (Wildman–Crippen MR) is 109 cm³/mol. The van der Waals surface area contributed by atoms with Crippen LogP contribution in [0.2, 0.25) is 0 Å². The van der Waals surface area contributed by atoms with Gasteiger partial charge in [0.05, 0.1) is 11.5 Å². The predicted octanol–water partition coefficient (Wildman–Crippen LogP) is 4.57. The minimum absolute atomic E-state index is 0.00839. The zero-order chi connectivity index (χ0) is 18.7. The van der Waals surface area contributed by atoms with E-state index in [1.54, 1.807) is 24.3 Å². The number of Topliss-reactive ketones (excluding diaryl/α,β-unsaturated/α-hetero) is 1. The third-order valence-electron chi connectivity index (χ3n) is 3.88. The quantitative estimate of drug-likeness (QED) is 0.498. The third kappa shape index (κ3) is 4.65. The van der Waals surface area contributed by atoms with Gasteiger partial charge in [-0.1, -0.05) is 30.3 Å². The van der Waals surface area contributed by atoms with Crippen molar-refractivity contribution in [2.45, 2.75) is 17.1 Å². The Kier molecular flexibility index (Phi) is 5.34. The Morgan fingerprint density at radius 2 is 1.62 bits per heavy atom. The molecule has 0 spiro atoms. The Bertz CT molecular complexity index is 1040. The molecule has 0 aromatic heterocycles. The van der Waals surface area contributed by atoms with Gasteiger partial charge >= 0.3 is 0 Å². The largest absolute Gasteiger partial charge is 0.293 e. The van der Waals surface area contributed by atoms with Crippen LogP contribution in [0, 0.1) is 0 Å². The molecule has 0 fully saturated rings. The lowest BCUT2D eigenvalue weighted by atomic mass is 10.1. The van der Waals surface area contributed by atoms with E-state index < -0.39 is 10.0 Å². The Morgan fingerprint density at radius 1 is 0.962 bits per heavy atom. The average molecular weight is 386 g/mol. The Morgan fingerprint density at radius 3 is 2.27 bits per heavy atom. The summed E-state index contributed by atoms with van der Waals surface area (Å²) in [5.74, 6) is 0.00839. The van der Waals surface area contributed by atoms with Crippen LogP contribution < -0.4 is 4.72 Å². The number of nitrogens with one attached hydrogen (secondary N) is 1. The molecular formula is C20H19NO3S2. The van der Waals surface area contributed by atoms with E-state index in [4.69, 9.17) is 0 Å². The fourth-order valence-electron chi connectivity index (χ4n) is 2.65. The third-order valence-corrected chi connectivity index (χ3v) is 5.58. The number of anilines is 1. The van der Waals surface area contributed by atoms with E-state index in [9.17, 15) is 13.2 Å². The summed E-state index contributed by atoms with van der Waals surface area (Å²) < 4.78 is 24.9. The van der Waals surface area contributed by atoms with Crippen LogP contribution in [0.25, 0.3) is 10.8 Å². The molecule has 0 heterocycles. The minimum atomic E-state index is -3.32. The van der Waals surface area contributed by atoms with Crippen molar-refractivity contribution in [3.63, 3.8) is 0 Å². The average Bonchev–Trinajstić information content (AvgIpc) is 2.60. The molecule has 0 amide bonds. The van der Waals surface area contributed by atoms with E-state index in [0.717, 1.165) is 16.5 Å². The number of rotatable bonds is 6. The van der Waals surface area contributed by atoms with Gasteiger partial charge in [-0.15, -0.1) is 11.8 Å². The molecule has 3 aromatic carbocycles. The van der Waals surface area contributed by atoms with Crippen molar-refractivity contribution in [2.75, 3.05) is 11.0 Å². The molecule has 0 aliphatic carbocycles. The smallest absolute Gasteiger partial charge is 0.229 e. The number of ketones is 1. The number of fused-ring (bicyclic) bond motifs is 1. The van der Waals surface area contributed by atoms with Gasteiger partial charge in [0.1, 0.15) is 0 Å². The number of hydrogen-bond acceptors (Lipinski definition) is 4. The molecular weight excluding hydrogens is 366 g/mol. The van der Waals surface area contributed by atoms with E-state index in [0.29, 0.717) is 11.3 Å². The van der Waals surface area contributed by atoms with Crippen molar-refractivity contribution >= 4 is 44.0 Å². The molecule has 6 heteroatoms. The topological polar surface area (TPSA) is 63.2 Å². The maximum Gasteiger partial charge on any atom is 0.229 e. The second kappa shape index (κ2) is 7.51. The van der Waals surface area contributed by atoms with Gasteiger partial charge in [-0.3, -0.25) is 9.52 Å². The zero-order valence-corrected chi connectivity index (χ0v) is 16.1. The lowest BCUT2D eigenvalue weighted by molar-refractivity contribution is 0.0994. The summed E-state index contributed by atoms with van der Waals surface area (Å²) in [4.78, 5) is 13.7. The van der Waals surface area contributed by atoms with Gasteiger partial charge < -0.3 is 0 Å². The van der Waals surface area contributed by atoms with Crippen molar-refractivity contribution < 1.29 is 13.2 Å². The molecule has 0 aliphatic rings. The standard InChI is InChI=1S/C20H19NO3S2/c1-14(25-19-12-9-15-5-3-4-6-17(15)13-19)20(22)16-7-10-18(11-8-16)21-26(2,23)24/h3-14,21H,1-2H3/t14-/m0/s1. The fraction of sp³-hybridized carbons (Fsp3) is 0.150. The summed E-state index contributed by atoms with van der Waals surface area (Å²) in [6.45, 7) is 1.88. The van der Waals surface area contributed by atoms with Gasteiger partial charge in [0.2, 0.25) is 10.0 Å². The molecule has 3 aromatic rings. The number of carbonyl (C=O) groups is 1. The highest BCUT2D eigenvalue weighted by molar-refractivity contribution is 8.00. The van der Waals surface area contributed by atoms with Crippen molar-refractivity contribution in [2.24, 2.45) is 0 Å². The molecule has 0 unspecified atom stereocenters. The molecule has 4 nitrogen and oxygen atoms in total. The maximum atomic E-state index is 12.6. The van der Waals surface area contributed by atoms with Crippen LogP contribution in [0.3, 0.4) is 0 Å². The Labute approximate surface area is 157 Å². The van der Waals surface area contributed by atoms with Gasteiger partial charge in [0.15, 0.2) is 5.78 Å². The summed E-state index contributed by atoms with van der Waals surface area (Å²) in [5, 5.41) is 2.07. The molecule has 0 radical (unpaired) electrons. The van der Waals surface area contributed by atoms with E-state index in [1.807, 2.05) is 25.1 Å². The molecule has 0 saturated carbocycles. The van der Waals surface area contributed by atoms with E-state index >= 15 is 0 Å². The summed E-state index contributed by atoms with van der Waals surface area (Å²) in [6, 6.07) is 20.8. The Hall–Kier alpha value is -2.31. The lowest BCUT2D eigenvalue weighted by Gasteiger charge is -2.12. The van der Waals surface area contributed by atoms with Crippen LogP contribution in [-0.2, 0) is 10.0 Å². The fourth-order valence-corrected chi connectivity index (χ4v) is 4.21. The van der Waals surface area contributed by atoms with Crippen molar-refractivity contribution in [3.8, 4) is 0 Å². The first-order valence-corrected chi connectivity index (χ1v) is 10.9. The van der Waals surface area contributed by atoms with E-state index in [1.165, 1.54) is 17.1 Å². The molecule has 1 N–H and O–H groups in total. The van der Waals surface area contributed by atoms with Gasteiger partial charge in [-0.05, 0) is 54.1 Å². The number of thioether (sulfide) groups is 1. The van der Waals surface area contributed by atoms with Crippen LogP contribution in [0.15, 0.2) is 71.6 Å². The summed E-state index contributed by atoms with van der Waals surface area (Å²) in [7, 11) is -3.32. The molecule has 134 valence electrons. The summed E-state index contributed by atoms with van der Waals surface area (Å²) >= 11 is 1.51. The molecule has 0 bridgehead atoms. The Balaban J connectivity index is 1.72. The van der Waals surface area contributed by atoms with Crippen LogP contribution in [0.1, 0.15) is 17.3 Å². The minimum Gasteiger partial charge on any atom is -0.293 e. The van der Waals surface area contributed by atoms with Gasteiger partial charge in [-0.25, -0.2) is 8.42 Å². The highest BCUT2D eigenvalue weighted by Crippen LogP contribution is 2.29. The van der Waals surface area contributed by atoms with Crippen LogP contribution >= 0.6 is 11.8 Å².